The van der Waals surface area contributed by atoms with Gasteiger partial charge in [0, 0.05) is 4.90 Å². The molecule has 1 saturated heterocycles. The molecular formula is C18H29ClFNS. The fourth-order valence-corrected chi connectivity index (χ4v) is 3.97. The zero-order valence-corrected chi connectivity index (χ0v) is 15.2. The monoisotopic (exact) mass is 345 g/mol. The Kier molecular flexibility index (Phi) is 10.2. The molecule has 1 aromatic carbocycles. The molecule has 0 saturated carbocycles. The van der Waals surface area contributed by atoms with Crippen LogP contribution in [0.4, 0.5) is 4.39 Å². The highest BCUT2D eigenvalue weighted by atomic mass is 35.5. The number of halogens is 2. The summed E-state index contributed by atoms with van der Waals surface area (Å²) in [5.41, 5.74) is 0. The molecule has 0 aromatic heterocycles. The van der Waals surface area contributed by atoms with Crippen molar-refractivity contribution in [3.63, 3.8) is 0 Å². The minimum absolute atomic E-state index is 0. The normalized spacial score (nSPS) is 16.5. The summed E-state index contributed by atoms with van der Waals surface area (Å²) in [7, 11) is 0. The fraction of sp³-hybridized carbons (Fsp3) is 0.667. The van der Waals surface area contributed by atoms with E-state index >= 15 is 0 Å². The van der Waals surface area contributed by atoms with Crippen molar-refractivity contribution in [3.05, 3.63) is 30.1 Å². The highest BCUT2D eigenvalue weighted by Crippen LogP contribution is 2.26. The highest BCUT2D eigenvalue weighted by Gasteiger charge is 2.18. The van der Waals surface area contributed by atoms with E-state index in [4.69, 9.17) is 0 Å². The van der Waals surface area contributed by atoms with Gasteiger partial charge in [0.2, 0.25) is 0 Å². The van der Waals surface area contributed by atoms with E-state index in [0.29, 0.717) is 0 Å². The summed E-state index contributed by atoms with van der Waals surface area (Å²) in [5.74, 6) is 1.90. The maximum Gasteiger partial charge on any atom is 0.123 e. The number of unbranched alkanes of at least 4 members (excludes halogenated alkanes) is 2. The Balaban J connectivity index is 0.00000242. The smallest absolute Gasteiger partial charge is 0.123 e. The molecule has 22 heavy (non-hydrogen) atoms. The molecule has 1 aromatic rings. The van der Waals surface area contributed by atoms with Crippen molar-refractivity contribution >= 4 is 24.2 Å². The van der Waals surface area contributed by atoms with Gasteiger partial charge in [-0.25, -0.2) is 4.39 Å². The molecule has 1 aliphatic heterocycles. The van der Waals surface area contributed by atoms with Gasteiger partial charge >= 0.3 is 0 Å². The molecule has 1 aliphatic rings. The molecule has 0 amide bonds. The number of piperidine rings is 1. The summed E-state index contributed by atoms with van der Waals surface area (Å²) in [6.07, 6.45) is 8.06. The largest absolute Gasteiger partial charge is 0.303 e. The van der Waals surface area contributed by atoms with Crippen molar-refractivity contribution in [1.82, 2.24) is 4.90 Å². The molecule has 1 fully saturated rings. The zero-order chi connectivity index (χ0) is 14.9. The minimum Gasteiger partial charge on any atom is -0.303 e. The van der Waals surface area contributed by atoms with E-state index in [1.54, 1.807) is 12.1 Å². The van der Waals surface area contributed by atoms with E-state index in [-0.39, 0.29) is 18.2 Å². The maximum absolute atomic E-state index is 12.8. The van der Waals surface area contributed by atoms with Crippen LogP contribution in [0.15, 0.2) is 29.2 Å². The van der Waals surface area contributed by atoms with Gasteiger partial charge in [-0.1, -0.05) is 19.8 Å². The molecule has 1 nitrogen and oxygen atoms in total. The molecule has 2 rings (SSSR count). The summed E-state index contributed by atoms with van der Waals surface area (Å²) in [5, 5.41) is 0. The molecular weight excluding hydrogens is 317 g/mol. The molecule has 0 unspecified atom stereocenters. The van der Waals surface area contributed by atoms with Crippen molar-refractivity contribution in [2.75, 3.05) is 25.4 Å². The third kappa shape index (κ3) is 7.34. The molecule has 0 bridgehead atoms. The SMILES string of the molecule is CCCCCN1CCC(CCSc2ccc(F)cc2)CC1.Cl. The van der Waals surface area contributed by atoms with Crippen LogP contribution in [0.5, 0.6) is 0 Å². The topological polar surface area (TPSA) is 3.24 Å². The van der Waals surface area contributed by atoms with Gasteiger partial charge in [0.25, 0.3) is 0 Å². The van der Waals surface area contributed by atoms with Crippen molar-refractivity contribution in [2.45, 2.75) is 50.3 Å². The van der Waals surface area contributed by atoms with E-state index in [0.717, 1.165) is 11.7 Å². The zero-order valence-electron chi connectivity index (χ0n) is 13.6. The number of hydrogen-bond acceptors (Lipinski definition) is 2. The van der Waals surface area contributed by atoms with Crippen LogP contribution >= 0.6 is 24.2 Å². The second-order valence-corrected chi connectivity index (χ2v) is 7.25. The number of nitrogens with zero attached hydrogens (tertiary/aromatic N) is 1. The Labute approximate surface area is 145 Å². The first-order valence-corrected chi connectivity index (χ1v) is 9.37. The number of benzene rings is 1. The van der Waals surface area contributed by atoms with Crippen molar-refractivity contribution in [3.8, 4) is 0 Å². The number of hydrogen-bond donors (Lipinski definition) is 0. The lowest BCUT2D eigenvalue weighted by Crippen LogP contribution is -2.34. The Morgan fingerprint density at radius 3 is 2.45 bits per heavy atom. The second kappa shape index (κ2) is 11.3. The van der Waals surface area contributed by atoms with E-state index < -0.39 is 0 Å². The second-order valence-electron chi connectivity index (χ2n) is 6.08. The third-order valence-electron chi connectivity index (χ3n) is 4.39. The molecule has 0 aliphatic carbocycles. The quantitative estimate of drug-likeness (QED) is 0.443. The lowest BCUT2D eigenvalue weighted by molar-refractivity contribution is 0.180. The number of likely N-dealkylation sites (tertiary alicyclic amines) is 1. The minimum atomic E-state index is -0.144. The van der Waals surface area contributed by atoms with Gasteiger partial charge in [-0.3, -0.25) is 0 Å². The molecule has 0 spiro atoms. The van der Waals surface area contributed by atoms with Crippen LogP contribution in [0.1, 0.15) is 45.4 Å². The van der Waals surface area contributed by atoms with Gasteiger partial charge in [0.1, 0.15) is 5.82 Å². The molecule has 126 valence electrons. The van der Waals surface area contributed by atoms with Crippen LogP contribution in [0.25, 0.3) is 0 Å². The van der Waals surface area contributed by atoms with Gasteiger partial charge < -0.3 is 4.90 Å². The number of rotatable bonds is 8. The molecule has 0 N–H and O–H groups in total. The van der Waals surface area contributed by atoms with Gasteiger partial charge in [-0.15, -0.1) is 24.2 Å². The van der Waals surface area contributed by atoms with Crippen molar-refractivity contribution in [1.29, 1.82) is 0 Å². The van der Waals surface area contributed by atoms with E-state index in [1.807, 2.05) is 23.9 Å². The fourth-order valence-electron chi connectivity index (χ4n) is 2.96. The Morgan fingerprint density at radius 1 is 1.14 bits per heavy atom. The van der Waals surface area contributed by atoms with Crippen LogP contribution < -0.4 is 0 Å². The van der Waals surface area contributed by atoms with E-state index in [1.165, 1.54) is 63.1 Å². The van der Waals surface area contributed by atoms with Gasteiger partial charge in [-0.05, 0) is 81.3 Å². The Morgan fingerprint density at radius 2 is 1.82 bits per heavy atom. The van der Waals surface area contributed by atoms with Crippen LogP contribution in [0.2, 0.25) is 0 Å². The third-order valence-corrected chi connectivity index (χ3v) is 5.44. The van der Waals surface area contributed by atoms with Crippen LogP contribution in [0.3, 0.4) is 0 Å². The van der Waals surface area contributed by atoms with Crippen molar-refractivity contribution in [2.24, 2.45) is 5.92 Å². The maximum atomic E-state index is 12.8. The first-order chi connectivity index (χ1) is 10.3. The van der Waals surface area contributed by atoms with Crippen LogP contribution in [0, 0.1) is 11.7 Å². The van der Waals surface area contributed by atoms with Gasteiger partial charge in [-0.2, -0.15) is 0 Å². The first-order valence-electron chi connectivity index (χ1n) is 8.38. The summed E-state index contributed by atoms with van der Waals surface area (Å²) >= 11 is 1.86. The summed E-state index contributed by atoms with van der Waals surface area (Å²) in [4.78, 5) is 3.83. The van der Waals surface area contributed by atoms with Crippen molar-refractivity contribution < 1.29 is 4.39 Å². The lowest BCUT2D eigenvalue weighted by Gasteiger charge is -2.31. The molecule has 0 radical (unpaired) electrons. The first kappa shape index (κ1) is 19.8. The van der Waals surface area contributed by atoms with Gasteiger partial charge in [0.15, 0.2) is 0 Å². The average Bonchev–Trinajstić information content (AvgIpc) is 2.51. The van der Waals surface area contributed by atoms with Crippen LogP contribution in [-0.2, 0) is 0 Å². The van der Waals surface area contributed by atoms with Crippen LogP contribution in [-0.4, -0.2) is 30.3 Å². The predicted octanol–water partition coefficient (Wildman–Crippen LogP) is 5.63. The Bertz CT molecular complexity index is 391. The molecule has 0 atom stereocenters. The summed E-state index contributed by atoms with van der Waals surface area (Å²) < 4.78 is 12.8. The highest BCUT2D eigenvalue weighted by molar-refractivity contribution is 7.99. The lowest BCUT2D eigenvalue weighted by atomic mass is 9.94. The Hall–Kier alpha value is -0.250. The number of thioether (sulfide) groups is 1. The summed E-state index contributed by atoms with van der Waals surface area (Å²) in [6.45, 7) is 6.14. The standard InChI is InChI=1S/C18H28FNS.ClH/c1-2-3-4-12-20-13-9-16(10-14-20)11-15-21-18-7-5-17(19)6-8-18;/h5-8,16H,2-4,9-15H2,1H3;1H. The molecule has 4 heteroatoms. The average molecular weight is 346 g/mol. The summed E-state index contributed by atoms with van der Waals surface area (Å²) in [6, 6.07) is 6.88. The van der Waals surface area contributed by atoms with E-state index in [9.17, 15) is 4.39 Å². The molecule has 1 heterocycles. The van der Waals surface area contributed by atoms with E-state index in [2.05, 4.69) is 11.8 Å². The predicted molar refractivity (Wildman–Crippen MR) is 97.7 cm³/mol. The van der Waals surface area contributed by atoms with Gasteiger partial charge in [0.05, 0.1) is 0 Å².